The van der Waals surface area contributed by atoms with Crippen LogP contribution in [0.5, 0.6) is 0 Å². The van der Waals surface area contributed by atoms with Crippen molar-refractivity contribution in [3.63, 3.8) is 0 Å². The molecule has 0 spiro atoms. The Morgan fingerprint density at radius 2 is 1.83 bits per heavy atom. The molecule has 8 heteroatoms. The van der Waals surface area contributed by atoms with Crippen molar-refractivity contribution in [2.45, 2.75) is 56.5 Å². The molecule has 1 saturated carbocycles. The Hall–Kier alpha value is -3.05. The molecular formula is C22H24F2N4O2. The van der Waals surface area contributed by atoms with E-state index in [2.05, 4.69) is 16.4 Å². The normalized spacial score (nSPS) is 16.6. The number of nitrogens with one attached hydrogen (secondary N) is 2. The van der Waals surface area contributed by atoms with E-state index in [0.29, 0.717) is 18.4 Å². The number of carbonyl (C=O) groups excluding carboxylic acids is 1. The van der Waals surface area contributed by atoms with Crippen LogP contribution in [0.3, 0.4) is 0 Å². The zero-order chi connectivity index (χ0) is 21.7. The molecule has 2 aromatic rings. The van der Waals surface area contributed by atoms with Crippen LogP contribution in [0.15, 0.2) is 41.2 Å². The highest BCUT2D eigenvalue weighted by atomic mass is 19.3. The second kappa shape index (κ2) is 9.18. The Morgan fingerprint density at radius 1 is 1.17 bits per heavy atom. The van der Waals surface area contributed by atoms with Gasteiger partial charge in [-0.2, -0.15) is 5.26 Å². The molecule has 1 fully saturated rings. The fourth-order valence-corrected chi connectivity index (χ4v) is 3.81. The SMILES string of the molecule is N#CC(Cc1ccc(-c2ccc(=O)[nH]c2C(F)F)cc1)NC(=O)C1(N)CCCCC1. The zero-order valence-electron chi connectivity index (χ0n) is 16.5. The maximum Gasteiger partial charge on any atom is 0.278 e. The monoisotopic (exact) mass is 414 g/mol. The summed E-state index contributed by atoms with van der Waals surface area (Å²) in [5, 5.41) is 12.2. The van der Waals surface area contributed by atoms with Crippen molar-refractivity contribution < 1.29 is 13.6 Å². The summed E-state index contributed by atoms with van der Waals surface area (Å²) in [4.78, 5) is 26.1. The molecule has 0 saturated heterocycles. The van der Waals surface area contributed by atoms with Gasteiger partial charge in [-0.15, -0.1) is 0 Å². The molecule has 3 rings (SSSR count). The average Bonchev–Trinajstić information content (AvgIpc) is 2.74. The van der Waals surface area contributed by atoms with Gasteiger partial charge in [0.05, 0.1) is 17.3 Å². The van der Waals surface area contributed by atoms with Gasteiger partial charge in [-0.1, -0.05) is 43.5 Å². The quantitative estimate of drug-likeness (QED) is 0.674. The van der Waals surface area contributed by atoms with Crippen LogP contribution < -0.4 is 16.6 Å². The summed E-state index contributed by atoms with van der Waals surface area (Å²) in [6, 6.07) is 10.6. The molecule has 0 radical (unpaired) electrons. The van der Waals surface area contributed by atoms with Crippen LogP contribution in [0.1, 0.15) is 49.8 Å². The van der Waals surface area contributed by atoms with E-state index in [9.17, 15) is 23.6 Å². The maximum atomic E-state index is 13.2. The molecule has 30 heavy (non-hydrogen) atoms. The highest BCUT2D eigenvalue weighted by Crippen LogP contribution is 2.29. The molecule has 1 unspecified atom stereocenters. The first-order valence-corrected chi connectivity index (χ1v) is 9.92. The van der Waals surface area contributed by atoms with E-state index in [0.717, 1.165) is 24.8 Å². The van der Waals surface area contributed by atoms with Gasteiger partial charge in [0, 0.05) is 18.1 Å². The van der Waals surface area contributed by atoms with Gasteiger partial charge in [-0.3, -0.25) is 9.59 Å². The minimum Gasteiger partial charge on any atom is -0.338 e. The van der Waals surface area contributed by atoms with Gasteiger partial charge in [-0.25, -0.2) is 8.78 Å². The first kappa shape index (κ1) is 21.7. The molecule has 1 amide bonds. The number of aromatic amines is 1. The summed E-state index contributed by atoms with van der Waals surface area (Å²) < 4.78 is 26.5. The van der Waals surface area contributed by atoms with Gasteiger partial charge >= 0.3 is 0 Å². The molecule has 158 valence electrons. The summed E-state index contributed by atoms with van der Waals surface area (Å²) in [5.74, 6) is -0.305. The Bertz CT molecular complexity index is 989. The Kier molecular flexibility index (Phi) is 6.63. The number of hydrogen-bond donors (Lipinski definition) is 3. The van der Waals surface area contributed by atoms with Crippen LogP contribution in [-0.2, 0) is 11.2 Å². The number of benzene rings is 1. The lowest BCUT2D eigenvalue weighted by Gasteiger charge is -2.32. The molecule has 1 aromatic heterocycles. The van der Waals surface area contributed by atoms with Crippen LogP contribution in [-0.4, -0.2) is 22.5 Å². The number of alkyl halides is 2. The molecule has 1 aromatic carbocycles. The highest BCUT2D eigenvalue weighted by molar-refractivity contribution is 5.86. The number of halogens is 2. The number of nitriles is 1. The summed E-state index contributed by atoms with van der Waals surface area (Å²) in [6.45, 7) is 0. The van der Waals surface area contributed by atoms with Crippen molar-refractivity contribution in [1.82, 2.24) is 10.3 Å². The van der Waals surface area contributed by atoms with Crippen LogP contribution in [0.4, 0.5) is 8.78 Å². The lowest BCUT2D eigenvalue weighted by atomic mass is 9.81. The van der Waals surface area contributed by atoms with Crippen LogP contribution in [0, 0.1) is 11.3 Å². The summed E-state index contributed by atoms with van der Waals surface area (Å²) >= 11 is 0. The topological polar surface area (TPSA) is 112 Å². The number of pyridine rings is 1. The third-order valence-electron chi connectivity index (χ3n) is 5.53. The van der Waals surface area contributed by atoms with Gasteiger partial charge in [0.15, 0.2) is 0 Å². The molecular weight excluding hydrogens is 390 g/mol. The Morgan fingerprint density at radius 3 is 2.43 bits per heavy atom. The van der Waals surface area contributed by atoms with Gasteiger partial charge in [0.1, 0.15) is 6.04 Å². The molecule has 1 aliphatic carbocycles. The van der Waals surface area contributed by atoms with Crippen LogP contribution in [0.2, 0.25) is 0 Å². The Labute approximate surface area is 173 Å². The van der Waals surface area contributed by atoms with E-state index in [1.54, 1.807) is 24.3 Å². The highest BCUT2D eigenvalue weighted by Gasteiger charge is 2.36. The number of aromatic nitrogens is 1. The smallest absolute Gasteiger partial charge is 0.278 e. The number of carbonyl (C=O) groups is 1. The number of amides is 1. The maximum absolute atomic E-state index is 13.2. The summed E-state index contributed by atoms with van der Waals surface area (Å²) in [7, 11) is 0. The molecule has 4 N–H and O–H groups in total. The molecule has 0 bridgehead atoms. The molecule has 1 atom stereocenters. The number of H-pyrrole nitrogens is 1. The minimum absolute atomic E-state index is 0.239. The number of hydrogen-bond acceptors (Lipinski definition) is 4. The summed E-state index contributed by atoms with van der Waals surface area (Å²) in [5.41, 5.74) is 5.81. The molecule has 1 aliphatic rings. The van der Waals surface area contributed by atoms with E-state index in [-0.39, 0.29) is 17.9 Å². The number of nitrogens with two attached hydrogens (primary N) is 1. The summed E-state index contributed by atoms with van der Waals surface area (Å²) in [6.07, 6.45) is 1.53. The predicted octanol–water partition coefficient (Wildman–Crippen LogP) is 3.19. The number of nitrogens with zero attached hydrogens (tertiary/aromatic N) is 1. The van der Waals surface area contributed by atoms with Crippen molar-refractivity contribution in [1.29, 1.82) is 5.26 Å². The first-order chi connectivity index (χ1) is 14.3. The standard InChI is InChI=1S/C22H24F2N4O2/c23-20(24)19-17(8-9-18(29)28-19)15-6-4-14(5-7-15)12-16(13-25)27-21(30)22(26)10-2-1-3-11-22/h4-9,16,20H,1-3,10-12,26H2,(H,27,30)(H,28,29). The lowest BCUT2D eigenvalue weighted by molar-refractivity contribution is -0.127. The van der Waals surface area contributed by atoms with Gasteiger partial charge in [0.2, 0.25) is 11.5 Å². The van der Waals surface area contributed by atoms with Crippen molar-refractivity contribution in [3.05, 3.63) is 58.0 Å². The Balaban J connectivity index is 1.71. The zero-order valence-corrected chi connectivity index (χ0v) is 16.5. The molecule has 6 nitrogen and oxygen atoms in total. The van der Waals surface area contributed by atoms with Crippen LogP contribution in [0.25, 0.3) is 11.1 Å². The van der Waals surface area contributed by atoms with E-state index in [1.807, 2.05) is 0 Å². The molecule has 0 aliphatic heterocycles. The van der Waals surface area contributed by atoms with E-state index in [4.69, 9.17) is 5.73 Å². The van der Waals surface area contributed by atoms with E-state index >= 15 is 0 Å². The van der Waals surface area contributed by atoms with Crippen molar-refractivity contribution >= 4 is 5.91 Å². The minimum atomic E-state index is -2.81. The van der Waals surface area contributed by atoms with Crippen molar-refractivity contribution in [2.24, 2.45) is 5.73 Å². The fraction of sp³-hybridized carbons (Fsp3) is 0.409. The first-order valence-electron chi connectivity index (χ1n) is 9.92. The predicted molar refractivity (Wildman–Crippen MR) is 109 cm³/mol. The van der Waals surface area contributed by atoms with Gasteiger partial charge in [-0.05, 0) is 30.0 Å². The van der Waals surface area contributed by atoms with Crippen LogP contribution >= 0.6 is 0 Å². The van der Waals surface area contributed by atoms with E-state index < -0.39 is 29.3 Å². The van der Waals surface area contributed by atoms with Gasteiger partial charge < -0.3 is 16.0 Å². The second-order valence-electron chi connectivity index (χ2n) is 7.72. The lowest BCUT2D eigenvalue weighted by Crippen LogP contribution is -2.57. The third kappa shape index (κ3) is 4.92. The van der Waals surface area contributed by atoms with Gasteiger partial charge in [0.25, 0.3) is 6.43 Å². The van der Waals surface area contributed by atoms with Crippen molar-refractivity contribution in [2.75, 3.05) is 0 Å². The average molecular weight is 414 g/mol. The fourth-order valence-electron chi connectivity index (χ4n) is 3.81. The second-order valence-corrected chi connectivity index (χ2v) is 7.72. The third-order valence-corrected chi connectivity index (χ3v) is 5.53. The largest absolute Gasteiger partial charge is 0.338 e. The molecule has 1 heterocycles. The van der Waals surface area contributed by atoms with E-state index in [1.165, 1.54) is 12.1 Å². The van der Waals surface area contributed by atoms with Crippen molar-refractivity contribution in [3.8, 4) is 17.2 Å². The number of rotatable bonds is 6.